The first-order valence-corrected chi connectivity index (χ1v) is 2.89. The standard InChI is InChI=1S/C4H5NS/c1-2-5-4-6-3-1/h1-2,4H,3H2/p+1. The van der Waals surface area contributed by atoms with Gasteiger partial charge in [-0.1, -0.05) is 11.8 Å². The van der Waals surface area contributed by atoms with Gasteiger partial charge in [0.25, 0.3) is 0 Å². The second-order valence-corrected chi connectivity index (χ2v) is 1.92. The average Bonchev–Trinajstić information content (AvgIpc) is 1.72. The first kappa shape index (κ1) is 3.93. The lowest BCUT2D eigenvalue weighted by Crippen LogP contribution is -2.61. The lowest BCUT2D eigenvalue weighted by molar-refractivity contribution is -0.364. The lowest BCUT2D eigenvalue weighted by Gasteiger charge is -1.81. The van der Waals surface area contributed by atoms with Crippen molar-refractivity contribution in [2.75, 3.05) is 5.75 Å². The molecule has 0 aromatic carbocycles. The zero-order valence-corrected chi connectivity index (χ0v) is 4.16. The molecule has 0 fully saturated rings. The van der Waals surface area contributed by atoms with E-state index in [4.69, 9.17) is 0 Å². The maximum absolute atomic E-state index is 2.94. The van der Waals surface area contributed by atoms with E-state index < -0.39 is 0 Å². The fourth-order valence-electron chi connectivity index (χ4n) is 0.307. The third-order valence-corrected chi connectivity index (χ3v) is 1.25. The molecular formula is C4H6NS+. The summed E-state index contributed by atoms with van der Waals surface area (Å²) in [4.78, 5) is 2.94. The molecular weight excluding hydrogens is 94.1 g/mol. The molecule has 1 nitrogen and oxygen atoms in total. The third kappa shape index (κ3) is 0.863. The molecule has 1 heterocycles. The van der Waals surface area contributed by atoms with Crippen molar-refractivity contribution in [3.05, 3.63) is 12.3 Å². The minimum atomic E-state index is 1.12. The quantitative estimate of drug-likeness (QED) is 0.427. The van der Waals surface area contributed by atoms with Crippen LogP contribution in [0.2, 0.25) is 0 Å². The summed E-state index contributed by atoms with van der Waals surface area (Å²) in [5, 5.41) is 0. The molecule has 0 saturated carbocycles. The van der Waals surface area contributed by atoms with E-state index in [0.29, 0.717) is 0 Å². The second-order valence-electron chi connectivity index (χ2n) is 1.02. The van der Waals surface area contributed by atoms with E-state index in [9.17, 15) is 0 Å². The molecule has 1 aliphatic rings. The molecule has 0 radical (unpaired) electrons. The Labute approximate surface area is 41.2 Å². The number of rotatable bonds is 0. The van der Waals surface area contributed by atoms with Gasteiger partial charge in [-0.3, -0.25) is 0 Å². The Balaban J connectivity index is 2.46. The van der Waals surface area contributed by atoms with Crippen LogP contribution in [-0.4, -0.2) is 11.3 Å². The minimum Gasteiger partial charge on any atom is -0.212 e. The van der Waals surface area contributed by atoms with Crippen LogP contribution in [-0.2, 0) is 0 Å². The van der Waals surface area contributed by atoms with Crippen LogP contribution >= 0.6 is 11.8 Å². The van der Waals surface area contributed by atoms with Crippen LogP contribution < -0.4 is 4.99 Å². The summed E-state index contributed by atoms with van der Waals surface area (Å²) in [5.41, 5.74) is 1.97. The van der Waals surface area contributed by atoms with Gasteiger partial charge in [-0.05, 0) is 6.08 Å². The topological polar surface area (TPSA) is 14.0 Å². The summed E-state index contributed by atoms with van der Waals surface area (Å²) in [7, 11) is 0. The van der Waals surface area contributed by atoms with Crippen LogP contribution in [0.3, 0.4) is 0 Å². The van der Waals surface area contributed by atoms with E-state index in [1.165, 1.54) is 0 Å². The predicted molar refractivity (Wildman–Crippen MR) is 28.6 cm³/mol. The van der Waals surface area contributed by atoms with Gasteiger partial charge in [-0.15, -0.1) is 0 Å². The van der Waals surface area contributed by atoms with Gasteiger partial charge in [0.1, 0.15) is 0 Å². The highest BCUT2D eigenvalue weighted by molar-refractivity contribution is 8.11. The van der Waals surface area contributed by atoms with Crippen LogP contribution in [0.1, 0.15) is 0 Å². The summed E-state index contributed by atoms with van der Waals surface area (Å²) in [6.45, 7) is 0. The van der Waals surface area contributed by atoms with Gasteiger partial charge >= 0.3 is 0 Å². The molecule has 0 aromatic rings. The Morgan fingerprint density at radius 3 is 2.83 bits per heavy atom. The highest BCUT2D eigenvalue weighted by atomic mass is 32.2. The molecule has 6 heavy (non-hydrogen) atoms. The van der Waals surface area contributed by atoms with Gasteiger partial charge in [-0.2, -0.15) is 0 Å². The van der Waals surface area contributed by atoms with Crippen molar-refractivity contribution in [2.24, 2.45) is 0 Å². The molecule has 1 rings (SSSR count). The zero-order chi connectivity index (χ0) is 4.24. The average molecular weight is 100 g/mol. The van der Waals surface area contributed by atoms with Gasteiger partial charge in [0, 0.05) is 5.75 Å². The molecule has 0 unspecified atom stereocenters. The van der Waals surface area contributed by atoms with Crippen LogP contribution in [0.5, 0.6) is 0 Å². The SMILES string of the molecule is C1=C[NH+]=CSC1. The predicted octanol–water partition coefficient (Wildman–Crippen LogP) is -0.644. The maximum atomic E-state index is 2.94. The molecule has 0 aliphatic carbocycles. The van der Waals surface area contributed by atoms with E-state index in [1.807, 2.05) is 11.7 Å². The van der Waals surface area contributed by atoms with E-state index >= 15 is 0 Å². The fraction of sp³-hybridized carbons (Fsp3) is 0.250. The summed E-state index contributed by atoms with van der Waals surface area (Å²) in [6.07, 6.45) is 4.03. The van der Waals surface area contributed by atoms with Crippen molar-refractivity contribution >= 4 is 17.3 Å². The first-order valence-electron chi connectivity index (χ1n) is 1.84. The summed E-state index contributed by atoms with van der Waals surface area (Å²) in [6, 6.07) is 0. The summed E-state index contributed by atoms with van der Waals surface area (Å²) < 4.78 is 0. The van der Waals surface area contributed by atoms with E-state index in [-0.39, 0.29) is 0 Å². The van der Waals surface area contributed by atoms with Crippen molar-refractivity contribution in [1.29, 1.82) is 0 Å². The Morgan fingerprint density at radius 1 is 1.67 bits per heavy atom. The van der Waals surface area contributed by atoms with Gasteiger partial charge in [0.2, 0.25) is 5.55 Å². The number of nitrogens with one attached hydrogen (secondary N) is 1. The van der Waals surface area contributed by atoms with Gasteiger partial charge < -0.3 is 0 Å². The van der Waals surface area contributed by atoms with E-state index in [1.54, 1.807) is 11.8 Å². The van der Waals surface area contributed by atoms with Crippen LogP contribution in [0, 0.1) is 0 Å². The van der Waals surface area contributed by atoms with Crippen molar-refractivity contribution in [2.45, 2.75) is 0 Å². The molecule has 32 valence electrons. The largest absolute Gasteiger partial charge is 0.212 e. The highest BCUT2D eigenvalue weighted by Crippen LogP contribution is 1.91. The molecule has 0 bridgehead atoms. The monoisotopic (exact) mass is 100 g/mol. The van der Waals surface area contributed by atoms with Crippen molar-refractivity contribution in [3.8, 4) is 0 Å². The smallest absolute Gasteiger partial charge is 0.201 e. The maximum Gasteiger partial charge on any atom is 0.201 e. The van der Waals surface area contributed by atoms with Crippen molar-refractivity contribution < 1.29 is 4.99 Å². The van der Waals surface area contributed by atoms with Crippen molar-refractivity contribution in [1.82, 2.24) is 0 Å². The Hall–Kier alpha value is -0.240. The highest BCUT2D eigenvalue weighted by Gasteiger charge is 1.85. The normalized spacial score (nSPS) is 18.7. The molecule has 0 amide bonds. The molecule has 2 heteroatoms. The van der Waals surface area contributed by atoms with E-state index in [2.05, 4.69) is 11.1 Å². The van der Waals surface area contributed by atoms with Gasteiger partial charge in [-0.25, -0.2) is 4.99 Å². The molecule has 1 N–H and O–H groups in total. The van der Waals surface area contributed by atoms with Gasteiger partial charge in [0.05, 0.1) is 0 Å². The zero-order valence-electron chi connectivity index (χ0n) is 3.35. The molecule has 1 aliphatic heterocycles. The van der Waals surface area contributed by atoms with Crippen LogP contribution in [0.4, 0.5) is 0 Å². The van der Waals surface area contributed by atoms with Crippen molar-refractivity contribution in [3.63, 3.8) is 0 Å². The number of hydrogen-bond acceptors (Lipinski definition) is 1. The van der Waals surface area contributed by atoms with E-state index in [0.717, 1.165) is 5.75 Å². The summed E-state index contributed by atoms with van der Waals surface area (Å²) >= 11 is 1.77. The molecule has 0 spiro atoms. The fourth-order valence-corrected chi connectivity index (χ4v) is 0.786. The Morgan fingerprint density at radius 2 is 2.67 bits per heavy atom. The second kappa shape index (κ2) is 2.03. The summed E-state index contributed by atoms with van der Waals surface area (Å²) in [5.74, 6) is 1.12. The molecule has 0 atom stereocenters. The third-order valence-electron chi connectivity index (χ3n) is 0.558. The van der Waals surface area contributed by atoms with Gasteiger partial charge in [0.15, 0.2) is 6.20 Å². The number of thioether (sulfide) groups is 1. The lowest BCUT2D eigenvalue weighted by atomic mass is 10.7. The van der Waals surface area contributed by atoms with Crippen LogP contribution in [0.15, 0.2) is 12.3 Å². The molecule has 0 saturated heterocycles. The van der Waals surface area contributed by atoms with Crippen LogP contribution in [0.25, 0.3) is 0 Å². The molecule has 0 aromatic heterocycles. The Kier molecular flexibility index (Phi) is 1.33. The number of hydrogen-bond donors (Lipinski definition) is 1. The Bertz CT molecular complexity index is 73.5. The minimum absolute atomic E-state index is 1.12. The first-order chi connectivity index (χ1) is 3.00.